The van der Waals surface area contributed by atoms with Crippen LogP contribution in [0.25, 0.3) is 5.65 Å². The van der Waals surface area contributed by atoms with E-state index < -0.39 is 0 Å². The van der Waals surface area contributed by atoms with Gasteiger partial charge in [0.15, 0.2) is 11.5 Å². The first-order valence-corrected chi connectivity index (χ1v) is 6.76. The third-order valence-electron chi connectivity index (χ3n) is 3.42. The van der Waals surface area contributed by atoms with Crippen LogP contribution in [-0.4, -0.2) is 44.2 Å². The highest BCUT2D eigenvalue weighted by Crippen LogP contribution is 2.23. The summed E-state index contributed by atoms with van der Waals surface area (Å²) >= 11 is 5.83. The van der Waals surface area contributed by atoms with Crippen LogP contribution >= 0.6 is 11.6 Å². The Morgan fingerprint density at radius 2 is 2.33 bits per heavy atom. The van der Waals surface area contributed by atoms with E-state index in [9.17, 15) is 0 Å². The van der Waals surface area contributed by atoms with Crippen LogP contribution in [0.15, 0.2) is 12.1 Å². The molecular weight excluding hydrogens is 252 g/mol. The molecule has 0 spiro atoms. The molecule has 18 heavy (non-hydrogen) atoms. The summed E-state index contributed by atoms with van der Waals surface area (Å²) in [6, 6.07) is 3.88. The van der Waals surface area contributed by atoms with Crippen molar-refractivity contribution in [3.05, 3.63) is 12.1 Å². The average molecular weight is 267 g/mol. The second kappa shape index (κ2) is 5.06. The van der Waals surface area contributed by atoms with Gasteiger partial charge in [-0.2, -0.15) is 0 Å². The number of alkyl halides is 1. The van der Waals surface area contributed by atoms with Crippen LogP contribution in [0, 0.1) is 5.92 Å². The maximum absolute atomic E-state index is 5.83. The van der Waals surface area contributed by atoms with Crippen molar-refractivity contribution in [3.8, 4) is 0 Å². The minimum atomic E-state index is 0.669. The molecule has 7 heteroatoms. The maximum atomic E-state index is 5.83. The van der Waals surface area contributed by atoms with Crippen LogP contribution in [0.3, 0.4) is 0 Å². The van der Waals surface area contributed by atoms with E-state index in [0.29, 0.717) is 11.6 Å². The molecule has 1 saturated heterocycles. The Hall–Kier alpha value is -1.43. The zero-order chi connectivity index (χ0) is 12.4. The third kappa shape index (κ3) is 2.25. The van der Waals surface area contributed by atoms with E-state index in [1.54, 1.807) is 0 Å². The first-order valence-electron chi connectivity index (χ1n) is 6.23. The van der Waals surface area contributed by atoms with Crippen molar-refractivity contribution in [2.45, 2.75) is 19.3 Å². The van der Waals surface area contributed by atoms with Crippen molar-refractivity contribution >= 4 is 23.1 Å². The molecule has 0 N–H and O–H groups in total. The molecule has 96 valence electrons. The van der Waals surface area contributed by atoms with Gasteiger partial charge in [-0.05, 0) is 47.7 Å². The number of piperidine rings is 1. The Bertz CT molecular complexity index is 525. The van der Waals surface area contributed by atoms with Crippen LogP contribution in [0.2, 0.25) is 0 Å². The second-order valence-corrected chi connectivity index (χ2v) is 5.03. The van der Waals surface area contributed by atoms with Crippen LogP contribution in [0.5, 0.6) is 0 Å². The lowest BCUT2D eigenvalue weighted by Crippen LogP contribution is -2.36. The van der Waals surface area contributed by atoms with Crippen LogP contribution in [-0.2, 0) is 0 Å². The molecule has 1 unspecified atom stereocenters. The van der Waals surface area contributed by atoms with Crippen LogP contribution < -0.4 is 4.90 Å². The van der Waals surface area contributed by atoms with Gasteiger partial charge >= 0.3 is 0 Å². The molecule has 6 nitrogen and oxygen atoms in total. The number of halogens is 1. The molecule has 0 radical (unpaired) electrons. The highest BCUT2D eigenvalue weighted by Gasteiger charge is 2.20. The fourth-order valence-electron chi connectivity index (χ4n) is 2.47. The first-order chi connectivity index (χ1) is 8.86. The summed E-state index contributed by atoms with van der Waals surface area (Å²) in [7, 11) is 0. The summed E-state index contributed by atoms with van der Waals surface area (Å²) in [5, 5.41) is 15.7. The predicted molar refractivity (Wildman–Crippen MR) is 68.9 cm³/mol. The summed E-state index contributed by atoms with van der Waals surface area (Å²) < 4.78 is 1.47. The van der Waals surface area contributed by atoms with E-state index in [0.717, 1.165) is 31.2 Å². The molecule has 2 aromatic rings. The molecule has 0 aliphatic carbocycles. The Kier molecular flexibility index (Phi) is 3.27. The molecule has 3 rings (SSSR count). The summed E-state index contributed by atoms with van der Waals surface area (Å²) in [5.74, 6) is 2.34. The minimum absolute atomic E-state index is 0.669. The lowest BCUT2D eigenvalue weighted by atomic mass is 9.96. The summed E-state index contributed by atoms with van der Waals surface area (Å²) in [4.78, 5) is 2.29. The van der Waals surface area contributed by atoms with E-state index in [2.05, 4.69) is 25.5 Å². The van der Waals surface area contributed by atoms with Gasteiger partial charge < -0.3 is 4.90 Å². The fraction of sp³-hybridized carbons (Fsp3) is 0.636. The topological polar surface area (TPSA) is 59.2 Å². The van der Waals surface area contributed by atoms with Gasteiger partial charge in [-0.1, -0.05) is 0 Å². The van der Waals surface area contributed by atoms with Gasteiger partial charge in [0.25, 0.3) is 0 Å². The lowest BCUT2D eigenvalue weighted by molar-refractivity contribution is 0.403. The predicted octanol–water partition coefficient (Wildman–Crippen LogP) is 1.36. The molecule has 3 heterocycles. The van der Waals surface area contributed by atoms with E-state index in [4.69, 9.17) is 11.6 Å². The largest absolute Gasteiger partial charge is 0.355 e. The Balaban J connectivity index is 1.80. The molecule has 1 atom stereocenters. The normalized spacial score (nSPS) is 20.5. The fourth-order valence-corrected chi connectivity index (χ4v) is 2.78. The molecule has 1 fully saturated rings. The van der Waals surface area contributed by atoms with Crippen LogP contribution in [0.1, 0.15) is 19.3 Å². The van der Waals surface area contributed by atoms with Crippen LogP contribution in [0.4, 0.5) is 5.82 Å². The molecule has 0 aromatic carbocycles. The third-order valence-corrected chi connectivity index (χ3v) is 3.63. The number of rotatable bonds is 3. The Morgan fingerprint density at radius 3 is 3.22 bits per heavy atom. The van der Waals surface area contributed by atoms with E-state index in [1.807, 2.05) is 12.1 Å². The molecule has 0 saturated carbocycles. The second-order valence-electron chi connectivity index (χ2n) is 4.65. The van der Waals surface area contributed by atoms with Gasteiger partial charge in [0, 0.05) is 19.0 Å². The van der Waals surface area contributed by atoms with Crippen molar-refractivity contribution < 1.29 is 0 Å². The highest BCUT2D eigenvalue weighted by atomic mass is 35.5. The van der Waals surface area contributed by atoms with E-state index >= 15 is 0 Å². The van der Waals surface area contributed by atoms with Gasteiger partial charge in [-0.25, -0.2) is 0 Å². The quantitative estimate of drug-likeness (QED) is 0.785. The standard InChI is InChI=1S/C11H15ClN6/c12-6-5-9-2-1-7-17(8-9)11-4-3-10-13-15-16-18(10)14-11/h3-4,9H,1-2,5-8H2. The first kappa shape index (κ1) is 11.6. The Labute approximate surface area is 110 Å². The Morgan fingerprint density at radius 1 is 1.39 bits per heavy atom. The number of hydrogen-bond donors (Lipinski definition) is 0. The van der Waals surface area contributed by atoms with Gasteiger partial charge in [-0.3, -0.25) is 0 Å². The highest BCUT2D eigenvalue weighted by molar-refractivity contribution is 6.17. The zero-order valence-corrected chi connectivity index (χ0v) is 10.8. The van der Waals surface area contributed by atoms with Crippen molar-refractivity contribution in [2.75, 3.05) is 23.9 Å². The van der Waals surface area contributed by atoms with E-state index in [1.165, 1.54) is 17.5 Å². The monoisotopic (exact) mass is 266 g/mol. The van der Waals surface area contributed by atoms with Gasteiger partial charge in [0.1, 0.15) is 0 Å². The van der Waals surface area contributed by atoms with Gasteiger partial charge in [0.2, 0.25) is 0 Å². The smallest absolute Gasteiger partial charge is 0.200 e. The van der Waals surface area contributed by atoms with Crippen molar-refractivity contribution in [3.63, 3.8) is 0 Å². The van der Waals surface area contributed by atoms with Crippen molar-refractivity contribution in [1.29, 1.82) is 0 Å². The van der Waals surface area contributed by atoms with Crippen molar-refractivity contribution in [2.24, 2.45) is 5.92 Å². The number of tetrazole rings is 1. The zero-order valence-electron chi connectivity index (χ0n) is 10.0. The maximum Gasteiger partial charge on any atom is 0.200 e. The SMILES string of the molecule is ClCCC1CCCN(c2ccc3nnnn3n2)C1. The average Bonchev–Trinajstić information content (AvgIpc) is 2.86. The minimum Gasteiger partial charge on any atom is -0.355 e. The summed E-state index contributed by atoms with van der Waals surface area (Å²) in [6.07, 6.45) is 3.53. The number of anilines is 1. The number of aromatic nitrogens is 5. The van der Waals surface area contributed by atoms with E-state index in [-0.39, 0.29) is 0 Å². The molecule has 2 aromatic heterocycles. The molecule has 1 aliphatic rings. The lowest BCUT2D eigenvalue weighted by Gasteiger charge is -2.33. The number of fused-ring (bicyclic) bond motifs is 1. The summed E-state index contributed by atoms with van der Waals surface area (Å²) in [6.45, 7) is 2.06. The summed E-state index contributed by atoms with van der Waals surface area (Å²) in [5.41, 5.74) is 0.674. The number of hydrogen-bond acceptors (Lipinski definition) is 5. The van der Waals surface area contributed by atoms with Crippen molar-refractivity contribution in [1.82, 2.24) is 25.3 Å². The molecular formula is C11H15ClN6. The molecule has 1 aliphatic heterocycles. The molecule has 0 bridgehead atoms. The number of nitrogens with zero attached hydrogens (tertiary/aromatic N) is 6. The van der Waals surface area contributed by atoms with Gasteiger partial charge in [-0.15, -0.1) is 26.4 Å². The van der Waals surface area contributed by atoms with Gasteiger partial charge in [0.05, 0.1) is 0 Å². The molecule has 0 amide bonds.